The lowest BCUT2D eigenvalue weighted by molar-refractivity contribution is -0.170. The van der Waals surface area contributed by atoms with Crippen molar-refractivity contribution in [2.24, 2.45) is 0 Å². The van der Waals surface area contributed by atoms with Gasteiger partial charge < -0.3 is 47.0 Å². The summed E-state index contributed by atoms with van der Waals surface area (Å²) in [6.45, 7) is 4.33. The molecule has 178 valence electrons. The second kappa shape index (κ2) is 23.2. The van der Waals surface area contributed by atoms with Crippen molar-refractivity contribution in [2.75, 3.05) is 0 Å². The quantitative estimate of drug-likeness (QED) is 0.250. The van der Waals surface area contributed by atoms with Crippen LogP contribution in [0.4, 0.5) is 0 Å². The first-order valence-electron chi connectivity index (χ1n) is 6.88. The van der Waals surface area contributed by atoms with Gasteiger partial charge in [-0.25, -0.2) is 4.79 Å². The van der Waals surface area contributed by atoms with Gasteiger partial charge in [-0.3, -0.25) is 28.8 Å². The van der Waals surface area contributed by atoms with E-state index < -0.39 is 60.2 Å². The van der Waals surface area contributed by atoms with Crippen molar-refractivity contribution in [3.63, 3.8) is 0 Å². The van der Waals surface area contributed by atoms with Crippen molar-refractivity contribution in [1.82, 2.24) is 6.15 Å². The summed E-state index contributed by atoms with van der Waals surface area (Å²) in [7, 11) is 0. The van der Waals surface area contributed by atoms with Gasteiger partial charge in [-0.1, -0.05) is 0 Å². The molecule has 16 heteroatoms. The third kappa shape index (κ3) is 87.5. The molecule has 0 bridgehead atoms. The first-order chi connectivity index (χ1) is 12.7. The number of aliphatic hydroxyl groups is 1. The Morgan fingerprint density at radius 2 is 0.667 bits per heavy atom. The summed E-state index contributed by atoms with van der Waals surface area (Å²) in [5, 5.41) is 63.5. The average Bonchev–Trinajstić information content (AvgIpc) is 2.32. The molecule has 0 aromatic carbocycles. The van der Waals surface area contributed by atoms with Gasteiger partial charge in [-0.15, -0.1) is 0 Å². The van der Waals surface area contributed by atoms with Crippen molar-refractivity contribution < 1.29 is 74.4 Å². The van der Waals surface area contributed by atoms with Crippen LogP contribution < -0.4 is 6.15 Å². The maximum Gasteiger partial charge on any atom is 0.336 e. The third-order valence-electron chi connectivity index (χ3n) is 1.29. The van der Waals surface area contributed by atoms with E-state index in [9.17, 15) is 14.4 Å². The lowest BCUT2D eigenvalue weighted by Crippen LogP contribution is -2.42. The molecule has 0 radical (unpaired) electrons. The van der Waals surface area contributed by atoms with Gasteiger partial charge >= 0.3 is 17.9 Å². The maximum absolute atomic E-state index is 10.3. The fraction of sp³-hybridized carbons (Fsp3) is 0.500. The van der Waals surface area contributed by atoms with Crippen LogP contribution in [0, 0.1) is 0 Å². The van der Waals surface area contributed by atoms with Crippen LogP contribution in [0.5, 0.6) is 0 Å². The molecule has 0 aliphatic carbocycles. The van der Waals surface area contributed by atoms with Gasteiger partial charge in [0.25, 0.3) is 23.9 Å². The number of hydrogen-bond donors (Lipinski definition) is 9. The zero-order valence-corrected chi connectivity index (χ0v) is 16.6. The molecule has 0 aliphatic rings. The van der Waals surface area contributed by atoms with E-state index in [0.717, 1.165) is 27.7 Å². The molecule has 0 rings (SSSR count). The molecule has 0 saturated carbocycles. The Bertz CT molecular complexity index is 490. The molecule has 0 spiro atoms. The van der Waals surface area contributed by atoms with Crippen LogP contribution in [0.2, 0.25) is 0 Å². The van der Waals surface area contributed by atoms with Crippen molar-refractivity contribution >= 4 is 41.8 Å². The third-order valence-corrected chi connectivity index (χ3v) is 1.29. The fourth-order valence-electron chi connectivity index (χ4n) is 0.714. The molecule has 0 aromatic rings. The Kier molecular flexibility index (Phi) is 31.6. The first-order valence-corrected chi connectivity index (χ1v) is 6.88. The van der Waals surface area contributed by atoms with E-state index in [-0.39, 0.29) is 6.15 Å². The minimum Gasteiger partial charge on any atom is -0.481 e. The lowest BCUT2D eigenvalue weighted by Gasteiger charge is -2.18. The highest BCUT2D eigenvalue weighted by Crippen LogP contribution is 2.15. The number of carbonyl (C=O) groups is 7. The maximum atomic E-state index is 10.3. The van der Waals surface area contributed by atoms with E-state index in [1.807, 2.05) is 0 Å². The van der Waals surface area contributed by atoms with Crippen molar-refractivity contribution in [3.8, 4) is 0 Å². The zero-order chi connectivity index (χ0) is 25.0. The van der Waals surface area contributed by atoms with Crippen LogP contribution in [-0.4, -0.2) is 88.2 Å². The Balaban J connectivity index is -0.0000000700. The summed E-state index contributed by atoms with van der Waals surface area (Å²) in [5.41, 5.74) is -2.74. The van der Waals surface area contributed by atoms with Gasteiger partial charge in [-0.05, 0) is 0 Å². The summed E-state index contributed by atoms with van der Waals surface area (Å²) in [6, 6.07) is 0. The molecule has 0 unspecified atom stereocenters. The number of hydrogen-bond acceptors (Lipinski definition) is 9. The van der Waals surface area contributed by atoms with Crippen molar-refractivity contribution in [2.45, 2.75) is 46.1 Å². The van der Waals surface area contributed by atoms with Crippen molar-refractivity contribution in [1.29, 1.82) is 0 Å². The van der Waals surface area contributed by atoms with E-state index in [1.165, 1.54) is 0 Å². The lowest BCUT2D eigenvalue weighted by atomic mass is 9.96. The summed E-state index contributed by atoms with van der Waals surface area (Å²) >= 11 is 0. The average molecular weight is 449 g/mol. The van der Waals surface area contributed by atoms with Crippen LogP contribution in [0.25, 0.3) is 0 Å². The van der Waals surface area contributed by atoms with Crippen LogP contribution in [-0.2, 0) is 33.6 Å². The predicted molar refractivity (Wildman–Crippen MR) is 95.4 cm³/mol. The summed E-state index contributed by atoms with van der Waals surface area (Å²) < 4.78 is 0. The number of carboxylic acids is 7. The SMILES string of the molecule is CC(=O)O.CC(=O)O.CC(=O)O.CC(=O)O.N.O=C(O)CC(O)(CC(=O)O)C(=O)O. The van der Waals surface area contributed by atoms with Crippen LogP contribution >= 0.6 is 0 Å². The highest BCUT2D eigenvalue weighted by molar-refractivity contribution is 5.88. The Morgan fingerprint density at radius 1 is 0.533 bits per heavy atom. The minimum absolute atomic E-state index is 0. The summed E-state index contributed by atoms with van der Waals surface area (Å²) in [6.07, 6.45) is -2.29. The van der Waals surface area contributed by atoms with Crippen LogP contribution in [0.1, 0.15) is 40.5 Å². The van der Waals surface area contributed by atoms with Gasteiger partial charge in [0.05, 0.1) is 12.8 Å². The number of rotatable bonds is 5. The zero-order valence-electron chi connectivity index (χ0n) is 16.6. The molecule has 0 fully saturated rings. The summed E-state index contributed by atoms with van der Waals surface area (Å²) in [5.74, 6) is -8.35. The van der Waals surface area contributed by atoms with E-state index in [4.69, 9.17) is 60.0 Å². The molecule has 0 atom stereocenters. The largest absolute Gasteiger partial charge is 0.481 e. The van der Waals surface area contributed by atoms with E-state index in [2.05, 4.69) is 0 Å². The molecule has 30 heavy (non-hydrogen) atoms. The van der Waals surface area contributed by atoms with Gasteiger partial charge in [-0.2, -0.15) is 0 Å². The van der Waals surface area contributed by atoms with Gasteiger partial charge in [0, 0.05) is 27.7 Å². The Morgan fingerprint density at radius 3 is 0.733 bits per heavy atom. The van der Waals surface area contributed by atoms with E-state index in [0.29, 0.717) is 0 Å². The monoisotopic (exact) mass is 449 g/mol. The molecule has 0 saturated heterocycles. The van der Waals surface area contributed by atoms with Gasteiger partial charge in [0.2, 0.25) is 0 Å². The van der Waals surface area contributed by atoms with Crippen molar-refractivity contribution in [3.05, 3.63) is 0 Å². The Hall–Kier alpha value is -3.79. The van der Waals surface area contributed by atoms with Crippen LogP contribution in [0.3, 0.4) is 0 Å². The number of carboxylic acid groups (broad SMARTS) is 7. The molecule has 16 nitrogen and oxygen atoms in total. The second-order valence-corrected chi connectivity index (χ2v) is 4.55. The summed E-state index contributed by atoms with van der Waals surface area (Å²) in [4.78, 5) is 66.5. The molecule has 11 N–H and O–H groups in total. The predicted octanol–water partition coefficient (Wildman–Crippen LogP) is -0.723. The normalized spacial score (nSPS) is 8.03. The van der Waals surface area contributed by atoms with Gasteiger partial charge in [0.1, 0.15) is 0 Å². The minimum atomic E-state index is -2.74. The highest BCUT2D eigenvalue weighted by Gasteiger charge is 2.40. The smallest absolute Gasteiger partial charge is 0.336 e. The molecule has 0 heterocycles. The molecular formula is C14H27NO15. The highest BCUT2D eigenvalue weighted by atomic mass is 16.4. The standard InChI is InChI=1S/C6H8O7.4C2H4O2.H3N/c7-3(8)1-6(13,5(11)12)2-4(9)10;4*1-2(3)4;/h13H,1-2H2,(H,7,8)(H,9,10)(H,11,12);4*1H3,(H,3,4);1H3. The van der Waals surface area contributed by atoms with Crippen LogP contribution in [0.15, 0.2) is 0 Å². The molecular weight excluding hydrogens is 422 g/mol. The first kappa shape index (κ1) is 40.8. The topological polar surface area (TPSA) is 316 Å². The van der Waals surface area contributed by atoms with Gasteiger partial charge in [0.15, 0.2) is 5.60 Å². The van der Waals surface area contributed by atoms with E-state index >= 15 is 0 Å². The molecule has 0 amide bonds. The molecule has 0 aliphatic heterocycles. The second-order valence-electron chi connectivity index (χ2n) is 4.55. The molecule has 0 aromatic heterocycles. The van der Waals surface area contributed by atoms with E-state index in [1.54, 1.807) is 0 Å². The Labute approximate surface area is 169 Å². The number of aliphatic carboxylic acids is 7. The fourth-order valence-corrected chi connectivity index (χ4v) is 0.714.